The fraction of sp³-hybridized carbons (Fsp3) is 0.562. The van der Waals surface area contributed by atoms with Gasteiger partial charge in [0.25, 0.3) is 0 Å². The van der Waals surface area contributed by atoms with Crippen LogP contribution in [0.25, 0.3) is 0 Å². The van der Waals surface area contributed by atoms with Gasteiger partial charge in [0.1, 0.15) is 0 Å². The predicted molar refractivity (Wildman–Crippen MR) is 84.5 cm³/mol. The van der Waals surface area contributed by atoms with E-state index in [1.54, 1.807) is 0 Å². The van der Waals surface area contributed by atoms with Crippen molar-refractivity contribution in [3.63, 3.8) is 0 Å². The second kappa shape index (κ2) is 7.90. The van der Waals surface area contributed by atoms with Gasteiger partial charge in [-0.2, -0.15) is 0 Å². The molecule has 1 aromatic rings. The summed E-state index contributed by atoms with van der Waals surface area (Å²) in [5.74, 6) is 0.610. The molecule has 4 heteroatoms. The molecule has 0 bridgehead atoms. The lowest BCUT2D eigenvalue weighted by Crippen LogP contribution is -2.43. The molecule has 0 aliphatic carbocycles. The number of nitrogens with zero attached hydrogens (tertiary/aromatic N) is 1. The predicted octanol–water partition coefficient (Wildman–Crippen LogP) is 1.90. The number of nitrogens with two attached hydrogens (primary N) is 1. The average Bonchev–Trinajstić information content (AvgIpc) is 2.35. The highest BCUT2D eigenvalue weighted by molar-refractivity contribution is 5.76. The summed E-state index contributed by atoms with van der Waals surface area (Å²) >= 11 is 0. The molecule has 4 nitrogen and oxygen atoms in total. The third-order valence-corrected chi connectivity index (χ3v) is 3.53. The Labute approximate surface area is 122 Å². The molecule has 1 atom stereocenters. The molecule has 1 rings (SSSR count). The zero-order valence-electron chi connectivity index (χ0n) is 13.0. The fourth-order valence-electron chi connectivity index (χ4n) is 2.33. The number of rotatable bonds is 7. The molecular weight excluding hydrogens is 250 g/mol. The van der Waals surface area contributed by atoms with Crippen LogP contribution in [-0.2, 0) is 11.2 Å². The van der Waals surface area contributed by atoms with Crippen LogP contribution in [0.2, 0.25) is 0 Å². The van der Waals surface area contributed by atoms with E-state index in [0.717, 1.165) is 17.7 Å². The van der Waals surface area contributed by atoms with E-state index in [2.05, 4.69) is 24.1 Å². The van der Waals surface area contributed by atoms with Gasteiger partial charge in [0.15, 0.2) is 0 Å². The lowest BCUT2D eigenvalue weighted by molar-refractivity contribution is -0.121. The normalized spacial score (nSPS) is 12.7. The van der Waals surface area contributed by atoms with E-state index < -0.39 is 0 Å². The summed E-state index contributed by atoms with van der Waals surface area (Å²) in [6.07, 6.45) is 1.23. The number of amides is 1. The Morgan fingerprint density at radius 3 is 2.60 bits per heavy atom. The fourth-order valence-corrected chi connectivity index (χ4v) is 2.33. The lowest BCUT2D eigenvalue weighted by atomic mass is 10.0. The minimum atomic E-state index is 0.0972. The molecule has 0 aromatic heterocycles. The molecule has 0 radical (unpaired) electrons. The Hall–Kier alpha value is -1.55. The molecular formula is C16H27N3O. The second-order valence-corrected chi connectivity index (χ2v) is 5.82. The summed E-state index contributed by atoms with van der Waals surface area (Å²) in [4.78, 5) is 14.0. The Morgan fingerprint density at radius 2 is 2.05 bits per heavy atom. The summed E-state index contributed by atoms with van der Waals surface area (Å²) < 4.78 is 0. The van der Waals surface area contributed by atoms with E-state index in [0.29, 0.717) is 24.9 Å². The van der Waals surface area contributed by atoms with E-state index in [4.69, 9.17) is 5.73 Å². The van der Waals surface area contributed by atoms with E-state index in [9.17, 15) is 4.79 Å². The van der Waals surface area contributed by atoms with Crippen molar-refractivity contribution in [3.05, 3.63) is 29.8 Å². The van der Waals surface area contributed by atoms with Crippen LogP contribution in [-0.4, -0.2) is 37.5 Å². The highest BCUT2D eigenvalue weighted by Gasteiger charge is 2.16. The number of nitrogen functional groups attached to an aromatic ring is 1. The van der Waals surface area contributed by atoms with Crippen LogP contribution in [0.1, 0.15) is 25.8 Å². The van der Waals surface area contributed by atoms with E-state index >= 15 is 0 Å². The first-order valence-corrected chi connectivity index (χ1v) is 7.17. The van der Waals surface area contributed by atoms with Crippen molar-refractivity contribution in [1.82, 2.24) is 10.2 Å². The van der Waals surface area contributed by atoms with Gasteiger partial charge in [-0.05, 0) is 44.1 Å². The van der Waals surface area contributed by atoms with Gasteiger partial charge < -0.3 is 16.0 Å². The Bertz CT molecular complexity index is 421. The molecule has 0 aliphatic heterocycles. The number of nitrogens with one attached hydrogen (secondary N) is 1. The van der Waals surface area contributed by atoms with Gasteiger partial charge in [-0.15, -0.1) is 0 Å². The average molecular weight is 277 g/mol. The van der Waals surface area contributed by atoms with E-state index in [1.807, 2.05) is 38.4 Å². The molecule has 3 N–H and O–H groups in total. The molecule has 0 spiro atoms. The SMILES string of the molecule is CC(C)C(CNC(=O)CCc1cccc(N)c1)N(C)C. The van der Waals surface area contributed by atoms with Gasteiger partial charge >= 0.3 is 0 Å². The molecule has 1 amide bonds. The maximum absolute atomic E-state index is 11.9. The van der Waals surface area contributed by atoms with Crippen LogP contribution in [0.4, 0.5) is 5.69 Å². The lowest BCUT2D eigenvalue weighted by Gasteiger charge is -2.28. The number of anilines is 1. The number of carbonyl (C=O) groups excluding carboxylic acids is 1. The molecule has 1 aromatic carbocycles. The molecule has 0 aliphatic rings. The molecule has 112 valence electrons. The van der Waals surface area contributed by atoms with Crippen molar-refractivity contribution in [1.29, 1.82) is 0 Å². The summed E-state index contributed by atoms with van der Waals surface area (Å²) in [6.45, 7) is 5.04. The maximum atomic E-state index is 11.9. The smallest absolute Gasteiger partial charge is 0.220 e. The van der Waals surface area contributed by atoms with Gasteiger partial charge in [-0.1, -0.05) is 26.0 Å². The summed E-state index contributed by atoms with van der Waals surface area (Å²) in [5.41, 5.74) is 7.57. The van der Waals surface area contributed by atoms with Crippen LogP contribution in [0.3, 0.4) is 0 Å². The zero-order valence-corrected chi connectivity index (χ0v) is 13.0. The number of aryl methyl sites for hydroxylation is 1. The number of carbonyl (C=O) groups is 1. The highest BCUT2D eigenvalue weighted by atomic mass is 16.1. The van der Waals surface area contributed by atoms with Crippen molar-refractivity contribution in [2.75, 3.05) is 26.4 Å². The van der Waals surface area contributed by atoms with Gasteiger partial charge in [-0.3, -0.25) is 4.79 Å². The molecule has 20 heavy (non-hydrogen) atoms. The van der Waals surface area contributed by atoms with Crippen molar-refractivity contribution in [3.8, 4) is 0 Å². The third-order valence-electron chi connectivity index (χ3n) is 3.53. The topological polar surface area (TPSA) is 58.4 Å². The van der Waals surface area contributed by atoms with Crippen LogP contribution < -0.4 is 11.1 Å². The second-order valence-electron chi connectivity index (χ2n) is 5.82. The number of likely N-dealkylation sites (N-methyl/N-ethyl adjacent to an activating group) is 1. The molecule has 0 fully saturated rings. The first-order chi connectivity index (χ1) is 9.40. The Kier molecular flexibility index (Phi) is 6.52. The first-order valence-electron chi connectivity index (χ1n) is 7.17. The number of hydrogen-bond acceptors (Lipinski definition) is 3. The van der Waals surface area contributed by atoms with Gasteiger partial charge in [0.05, 0.1) is 0 Å². The van der Waals surface area contributed by atoms with Crippen LogP contribution in [0.5, 0.6) is 0 Å². The van der Waals surface area contributed by atoms with Crippen LogP contribution in [0.15, 0.2) is 24.3 Å². The summed E-state index contributed by atoms with van der Waals surface area (Å²) in [6, 6.07) is 8.06. The van der Waals surface area contributed by atoms with Crippen molar-refractivity contribution in [2.24, 2.45) is 5.92 Å². The minimum absolute atomic E-state index is 0.0972. The zero-order chi connectivity index (χ0) is 15.1. The van der Waals surface area contributed by atoms with Crippen molar-refractivity contribution in [2.45, 2.75) is 32.7 Å². The number of hydrogen-bond donors (Lipinski definition) is 2. The van der Waals surface area contributed by atoms with Gasteiger partial charge in [0, 0.05) is 24.7 Å². The summed E-state index contributed by atoms with van der Waals surface area (Å²) in [7, 11) is 4.09. The molecule has 0 heterocycles. The third kappa shape index (κ3) is 5.61. The van der Waals surface area contributed by atoms with E-state index in [1.165, 1.54) is 0 Å². The van der Waals surface area contributed by atoms with Crippen molar-refractivity contribution < 1.29 is 4.79 Å². The first kappa shape index (κ1) is 16.5. The van der Waals surface area contributed by atoms with Gasteiger partial charge in [-0.25, -0.2) is 0 Å². The van der Waals surface area contributed by atoms with Crippen molar-refractivity contribution >= 4 is 11.6 Å². The highest BCUT2D eigenvalue weighted by Crippen LogP contribution is 2.09. The largest absolute Gasteiger partial charge is 0.399 e. The Morgan fingerprint density at radius 1 is 1.35 bits per heavy atom. The molecule has 0 saturated heterocycles. The van der Waals surface area contributed by atoms with E-state index in [-0.39, 0.29) is 5.91 Å². The van der Waals surface area contributed by atoms with Gasteiger partial charge in [0.2, 0.25) is 5.91 Å². The van der Waals surface area contributed by atoms with Crippen LogP contribution in [0, 0.1) is 5.92 Å². The Balaban J connectivity index is 2.37. The van der Waals surface area contributed by atoms with Crippen LogP contribution >= 0.6 is 0 Å². The maximum Gasteiger partial charge on any atom is 0.220 e. The quantitative estimate of drug-likeness (QED) is 0.748. The molecule has 0 saturated carbocycles. The summed E-state index contributed by atoms with van der Waals surface area (Å²) in [5, 5.41) is 3.02. The molecule has 1 unspecified atom stereocenters. The minimum Gasteiger partial charge on any atom is -0.399 e. The number of benzene rings is 1. The standard InChI is InChI=1S/C16H27N3O/c1-12(2)15(19(3)4)11-18-16(20)9-8-13-6-5-7-14(17)10-13/h5-7,10,12,15H,8-9,11,17H2,1-4H3,(H,18,20). The monoisotopic (exact) mass is 277 g/mol.